The van der Waals surface area contributed by atoms with Gasteiger partial charge >= 0.3 is 0 Å². The first-order chi connectivity index (χ1) is 12.1. The molecule has 2 heterocycles. The van der Waals surface area contributed by atoms with Gasteiger partial charge in [-0.2, -0.15) is 0 Å². The highest BCUT2D eigenvalue weighted by atomic mass is 32.2. The van der Waals surface area contributed by atoms with E-state index in [1.807, 2.05) is 18.2 Å². The SMILES string of the molecule is NCCOCCN1CCC2(C=Cc3cc(NS(=O)O)ccc3O2)CC1. The van der Waals surface area contributed by atoms with Gasteiger partial charge in [-0.15, -0.1) is 0 Å². The Labute approximate surface area is 150 Å². The van der Waals surface area contributed by atoms with Gasteiger partial charge in [-0.1, -0.05) is 6.08 Å². The summed E-state index contributed by atoms with van der Waals surface area (Å²) in [5, 5.41) is 0. The number of benzene rings is 1. The van der Waals surface area contributed by atoms with Crippen molar-refractivity contribution in [3.05, 3.63) is 29.8 Å². The van der Waals surface area contributed by atoms with E-state index in [2.05, 4.69) is 15.7 Å². The van der Waals surface area contributed by atoms with Crippen LogP contribution in [0, 0.1) is 0 Å². The lowest BCUT2D eigenvalue weighted by atomic mass is 9.88. The van der Waals surface area contributed by atoms with Crippen LogP contribution in [0.3, 0.4) is 0 Å². The molecule has 0 aromatic heterocycles. The van der Waals surface area contributed by atoms with Gasteiger partial charge in [0.2, 0.25) is 0 Å². The zero-order valence-corrected chi connectivity index (χ0v) is 15.0. The smallest absolute Gasteiger partial charge is 0.259 e. The van der Waals surface area contributed by atoms with Crippen LogP contribution in [-0.2, 0) is 16.0 Å². The molecule has 0 aliphatic carbocycles. The quantitative estimate of drug-likeness (QED) is 0.499. The van der Waals surface area contributed by atoms with E-state index in [9.17, 15) is 4.21 Å². The maximum Gasteiger partial charge on any atom is 0.259 e. The number of likely N-dealkylation sites (tertiary alicyclic amines) is 1. The molecule has 1 saturated heterocycles. The molecule has 2 aliphatic heterocycles. The van der Waals surface area contributed by atoms with Crippen LogP contribution < -0.4 is 15.2 Å². The third-order valence-electron chi connectivity index (χ3n) is 4.61. The van der Waals surface area contributed by atoms with Crippen molar-refractivity contribution in [1.82, 2.24) is 4.90 Å². The molecule has 0 bridgehead atoms. The van der Waals surface area contributed by atoms with Crippen LogP contribution in [-0.4, -0.2) is 58.7 Å². The molecule has 25 heavy (non-hydrogen) atoms. The Bertz CT molecular complexity index is 645. The van der Waals surface area contributed by atoms with Crippen LogP contribution in [0.15, 0.2) is 24.3 Å². The molecule has 1 aromatic carbocycles. The summed E-state index contributed by atoms with van der Waals surface area (Å²) in [4.78, 5) is 2.39. The molecule has 4 N–H and O–H groups in total. The van der Waals surface area contributed by atoms with Gasteiger partial charge in [-0.05, 0) is 24.3 Å². The summed E-state index contributed by atoms with van der Waals surface area (Å²) >= 11 is -2.07. The van der Waals surface area contributed by atoms with E-state index in [-0.39, 0.29) is 5.60 Å². The molecule has 0 amide bonds. The fraction of sp³-hybridized carbons (Fsp3) is 0.529. The molecular weight excluding hydrogens is 342 g/mol. The molecule has 0 radical (unpaired) electrons. The first kappa shape index (κ1) is 18.3. The molecule has 7 nitrogen and oxygen atoms in total. The Hall–Kier alpha value is -1.45. The molecular formula is C17H25N3O4S. The maximum atomic E-state index is 10.9. The topological polar surface area (TPSA) is 97.1 Å². The van der Waals surface area contributed by atoms with E-state index in [1.54, 1.807) is 6.07 Å². The van der Waals surface area contributed by atoms with Crippen LogP contribution in [0.25, 0.3) is 6.08 Å². The predicted octanol–water partition coefficient (Wildman–Crippen LogP) is 1.45. The van der Waals surface area contributed by atoms with Crippen molar-refractivity contribution in [2.45, 2.75) is 18.4 Å². The average Bonchev–Trinajstić information content (AvgIpc) is 2.60. The van der Waals surface area contributed by atoms with Crippen molar-refractivity contribution in [1.29, 1.82) is 0 Å². The van der Waals surface area contributed by atoms with E-state index in [0.717, 1.165) is 43.8 Å². The molecule has 0 saturated carbocycles. The van der Waals surface area contributed by atoms with Gasteiger partial charge in [0.25, 0.3) is 11.3 Å². The zero-order chi connectivity index (χ0) is 17.7. The van der Waals surface area contributed by atoms with Gasteiger partial charge in [-0.3, -0.25) is 9.27 Å². The second-order valence-corrected chi connectivity index (χ2v) is 7.05. The minimum atomic E-state index is -2.07. The van der Waals surface area contributed by atoms with E-state index < -0.39 is 11.3 Å². The molecule has 3 rings (SSSR count). The van der Waals surface area contributed by atoms with Crippen LogP contribution in [0.1, 0.15) is 18.4 Å². The Kier molecular flexibility index (Phi) is 6.08. The number of nitrogens with zero attached hydrogens (tertiary/aromatic N) is 1. The number of nitrogens with two attached hydrogens (primary N) is 1. The Balaban J connectivity index is 1.56. The van der Waals surface area contributed by atoms with E-state index >= 15 is 0 Å². The van der Waals surface area contributed by atoms with Gasteiger partial charge in [0.15, 0.2) is 0 Å². The minimum absolute atomic E-state index is 0.254. The summed E-state index contributed by atoms with van der Waals surface area (Å²) in [6.07, 6.45) is 6.03. The first-order valence-corrected chi connectivity index (χ1v) is 9.61. The Morgan fingerprint density at radius 1 is 1.36 bits per heavy atom. The van der Waals surface area contributed by atoms with Gasteiger partial charge in [-0.25, -0.2) is 4.21 Å². The second-order valence-electron chi connectivity index (χ2n) is 6.35. The number of ether oxygens (including phenoxy) is 2. The third-order valence-corrected chi connectivity index (χ3v) is 5.02. The van der Waals surface area contributed by atoms with Crippen molar-refractivity contribution in [2.24, 2.45) is 5.73 Å². The van der Waals surface area contributed by atoms with Crippen molar-refractivity contribution >= 4 is 23.0 Å². The molecule has 2 aliphatic rings. The van der Waals surface area contributed by atoms with Gasteiger partial charge in [0.1, 0.15) is 11.4 Å². The Morgan fingerprint density at radius 2 is 2.16 bits per heavy atom. The number of piperidine rings is 1. The average molecular weight is 367 g/mol. The van der Waals surface area contributed by atoms with Gasteiger partial charge in [0, 0.05) is 50.3 Å². The molecule has 8 heteroatoms. The van der Waals surface area contributed by atoms with Crippen molar-refractivity contribution in [2.75, 3.05) is 44.1 Å². The molecule has 138 valence electrons. The van der Waals surface area contributed by atoms with Crippen molar-refractivity contribution in [3.8, 4) is 5.75 Å². The summed E-state index contributed by atoms with van der Waals surface area (Å²) in [6.45, 7) is 4.74. The number of nitrogens with one attached hydrogen (secondary N) is 1. The largest absolute Gasteiger partial charge is 0.482 e. The normalized spacial score (nSPS) is 20.1. The summed E-state index contributed by atoms with van der Waals surface area (Å²) in [7, 11) is 0. The standard InChI is InChI=1S/C17H25N3O4S/c18-7-11-23-12-10-20-8-5-17(6-9-20)4-3-14-13-15(19-25(21)22)1-2-16(14)24-17/h1-4,13,19H,5-12,18H2,(H,21,22). The summed E-state index contributed by atoms with van der Waals surface area (Å²) in [5.74, 6) is 0.816. The summed E-state index contributed by atoms with van der Waals surface area (Å²) in [6, 6.07) is 5.42. The number of anilines is 1. The highest BCUT2D eigenvalue weighted by Gasteiger charge is 2.36. The number of fused-ring (bicyclic) bond motifs is 1. The maximum absolute atomic E-state index is 10.9. The van der Waals surface area contributed by atoms with E-state index in [4.69, 9.17) is 19.8 Å². The molecule has 1 unspecified atom stereocenters. The Morgan fingerprint density at radius 3 is 2.88 bits per heavy atom. The predicted molar refractivity (Wildman–Crippen MR) is 98.8 cm³/mol. The fourth-order valence-corrected chi connectivity index (χ4v) is 3.56. The monoisotopic (exact) mass is 367 g/mol. The number of hydrogen-bond acceptors (Lipinski definition) is 5. The van der Waals surface area contributed by atoms with E-state index in [0.29, 0.717) is 25.4 Å². The first-order valence-electron chi connectivity index (χ1n) is 8.50. The van der Waals surface area contributed by atoms with Crippen molar-refractivity contribution < 1.29 is 18.2 Å². The minimum Gasteiger partial charge on any atom is -0.482 e. The molecule has 1 fully saturated rings. The summed E-state index contributed by atoms with van der Waals surface area (Å²) in [5.41, 5.74) is 6.67. The lowest BCUT2D eigenvalue weighted by Gasteiger charge is -2.42. The van der Waals surface area contributed by atoms with Crippen LogP contribution in [0.4, 0.5) is 5.69 Å². The number of rotatable bonds is 7. The third kappa shape index (κ3) is 4.80. The van der Waals surface area contributed by atoms with Crippen molar-refractivity contribution in [3.63, 3.8) is 0 Å². The highest BCUT2D eigenvalue weighted by molar-refractivity contribution is 7.80. The van der Waals surface area contributed by atoms with Gasteiger partial charge in [0.05, 0.1) is 13.2 Å². The molecule has 1 atom stereocenters. The number of hydrogen-bond donors (Lipinski definition) is 3. The molecule has 1 aromatic rings. The lowest BCUT2D eigenvalue weighted by Crippen LogP contribution is -2.48. The van der Waals surface area contributed by atoms with Gasteiger partial charge < -0.3 is 20.1 Å². The lowest BCUT2D eigenvalue weighted by molar-refractivity contribution is 0.0258. The summed E-state index contributed by atoms with van der Waals surface area (Å²) < 4.78 is 34.0. The highest BCUT2D eigenvalue weighted by Crippen LogP contribution is 2.38. The zero-order valence-electron chi connectivity index (χ0n) is 14.1. The molecule has 1 spiro atoms. The van der Waals surface area contributed by atoms with Crippen LogP contribution in [0.2, 0.25) is 0 Å². The second kappa shape index (κ2) is 8.29. The fourth-order valence-electron chi connectivity index (χ4n) is 3.23. The van der Waals surface area contributed by atoms with Crippen LogP contribution in [0.5, 0.6) is 5.75 Å². The van der Waals surface area contributed by atoms with E-state index in [1.165, 1.54) is 0 Å². The van der Waals surface area contributed by atoms with Crippen LogP contribution >= 0.6 is 0 Å².